The van der Waals surface area contributed by atoms with Crippen LogP contribution >= 0.6 is 0 Å². The van der Waals surface area contributed by atoms with E-state index in [9.17, 15) is 9.59 Å². The van der Waals surface area contributed by atoms with Crippen LogP contribution in [0.5, 0.6) is 0 Å². The molecule has 5 nitrogen and oxygen atoms in total. The lowest BCUT2D eigenvalue weighted by molar-refractivity contribution is -0.137. The first-order chi connectivity index (χ1) is 6.59. The molecular formula is C9H15N3O2. The third-order valence-corrected chi connectivity index (χ3v) is 2.29. The molecule has 1 aliphatic rings. The molecule has 1 rings (SSSR count). The van der Waals surface area contributed by atoms with E-state index in [1.807, 2.05) is 0 Å². The van der Waals surface area contributed by atoms with E-state index >= 15 is 0 Å². The lowest BCUT2D eigenvalue weighted by Gasteiger charge is -2.18. The molecule has 0 bridgehead atoms. The molecule has 1 atom stereocenters. The maximum Gasteiger partial charge on any atom is 0.329 e. The number of nitrogens with one attached hydrogen (secondary N) is 1. The number of hydrogen-bond donors (Lipinski definition) is 2. The number of hydrogen-bond acceptors (Lipinski definition) is 3. The van der Waals surface area contributed by atoms with Crippen molar-refractivity contribution < 1.29 is 9.59 Å². The minimum atomic E-state index is -1.00. The van der Waals surface area contributed by atoms with Gasteiger partial charge in [-0.05, 0) is 31.6 Å². The molecule has 1 saturated carbocycles. The van der Waals surface area contributed by atoms with Crippen molar-refractivity contribution in [1.29, 1.82) is 0 Å². The van der Waals surface area contributed by atoms with Crippen molar-refractivity contribution >= 4 is 17.5 Å². The van der Waals surface area contributed by atoms with Gasteiger partial charge in [0.15, 0.2) is 0 Å². The second-order valence-electron chi connectivity index (χ2n) is 3.68. The van der Waals surface area contributed by atoms with Crippen LogP contribution in [0.3, 0.4) is 0 Å². The fraction of sp³-hybridized carbons (Fsp3) is 0.667. The molecule has 0 unspecified atom stereocenters. The van der Waals surface area contributed by atoms with Crippen molar-refractivity contribution in [2.24, 2.45) is 16.8 Å². The molecule has 2 amide bonds. The van der Waals surface area contributed by atoms with E-state index in [-0.39, 0.29) is 0 Å². The molecule has 0 aromatic carbocycles. The summed E-state index contributed by atoms with van der Waals surface area (Å²) >= 11 is 0. The predicted molar refractivity (Wildman–Crippen MR) is 52.4 cm³/mol. The van der Waals surface area contributed by atoms with Crippen LogP contribution < -0.4 is 11.2 Å². The summed E-state index contributed by atoms with van der Waals surface area (Å²) in [6, 6.07) is 0. The van der Waals surface area contributed by atoms with Gasteiger partial charge in [-0.25, -0.2) is 5.43 Å². The van der Waals surface area contributed by atoms with Crippen LogP contribution in [0, 0.1) is 5.92 Å². The summed E-state index contributed by atoms with van der Waals surface area (Å²) in [6.45, 7) is 2.14. The average Bonchev–Trinajstić information content (AvgIpc) is 2.14. The highest BCUT2D eigenvalue weighted by Gasteiger charge is 2.14. The Kier molecular flexibility index (Phi) is 3.62. The molecule has 0 aromatic heterocycles. The third-order valence-electron chi connectivity index (χ3n) is 2.29. The van der Waals surface area contributed by atoms with Crippen molar-refractivity contribution in [2.45, 2.75) is 32.6 Å². The topological polar surface area (TPSA) is 84.6 Å². The lowest BCUT2D eigenvalue weighted by atomic mass is 9.89. The summed E-state index contributed by atoms with van der Waals surface area (Å²) in [6.07, 6.45) is 4.07. The van der Waals surface area contributed by atoms with E-state index < -0.39 is 11.8 Å². The first-order valence-corrected chi connectivity index (χ1v) is 4.75. The third kappa shape index (κ3) is 3.16. The normalized spacial score (nSPS) is 24.6. The van der Waals surface area contributed by atoms with Crippen molar-refractivity contribution in [1.82, 2.24) is 5.43 Å². The van der Waals surface area contributed by atoms with Crippen LogP contribution in [0.4, 0.5) is 0 Å². The minimum Gasteiger partial charge on any atom is -0.361 e. The number of hydrazone groups is 1. The Hall–Kier alpha value is -1.39. The summed E-state index contributed by atoms with van der Waals surface area (Å²) in [5.41, 5.74) is 7.85. The zero-order valence-electron chi connectivity index (χ0n) is 8.25. The van der Waals surface area contributed by atoms with E-state index in [0.717, 1.165) is 25.0 Å². The van der Waals surface area contributed by atoms with E-state index in [1.165, 1.54) is 6.42 Å². The van der Waals surface area contributed by atoms with Gasteiger partial charge in [0.2, 0.25) is 0 Å². The van der Waals surface area contributed by atoms with Crippen LogP contribution in [0.15, 0.2) is 5.10 Å². The van der Waals surface area contributed by atoms with Crippen molar-refractivity contribution in [3.8, 4) is 0 Å². The van der Waals surface area contributed by atoms with Gasteiger partial charge in [-0.1, -0.05) is 6.92 Å². The van der Waals surface area contributed by atoms with Crippen LogP contribution in [0.25, 0.3) is 0 Å². The summed E-state index contributed by atoms with van der Waals surface area (Å²) in [4.78, 5) is 21.2. The highest BCUT2D eigenvalue weighted by atomic mass is 16.2. The van der Waals surface area contributed by atoms with Crippen molar-refractivity contribution in [2.75, 3.05) is 0 Å². The molecular weight excluding hydrogens is 182 g/mol. The SMILES string of the molecule is C[C@H]1CCCC(=NNC(=O)C(N)=O)C1. The number of carbonyl (C=O) groups excluding carboxylic acids is 2. The van der Waals surface area contributed by atoms with Crippen LogP contribution in [-0.4, -0.2) is 17.5 Å². The Morgan fingerprint density at radius 1 is 1.57 bits per heavy atom. The molecule has 3 N–H and O–H groups in total. The predicted octanol–water partition coefficient (Wildman–Crippen LogP) is 0.154. The quantitative estimate of drug-likeness (QED) is 0.463. The molecule has 0 aromatic rings. The Bertz CT molecular complexity index is 273. The van der Waals surface area contributed by atoms with Gasteiger partial charge in [0.1, 0.15) is 0 Å². The number of nitrogens with two attached hydrogens (primary N) is 1. The molecule has 5 heteroatoms. The second kappa shape index (κ2) is 4.74. The number of carbonyl (C=O) groups is 2. The first-order valence-electron chi connectivity index (χ1n) is 4.75. The lowest BCUT2D eigenvalue weighted by Crippen LogP contribution is -2.33. The summed E-state index contributed by atoms with van der Waals surface area (Å²) < 4.78 is 0. The molecule has 1 aliphatic carbocycles. The van der Waals surface area contributed by atoms with Gasteiger partial charge >= 0.3 is 11.8 Å². The van der Waals surface area contributed by atoms with Gasteiger partial charge in [0.25, 0.3) is 0 Å². The number of nitrogens with zero attached hydrogens (tertiary/aromatic N) is 1. The summed E-state index contributed by atoms with van der Waals surface area (Å²) in [7, 11) is 0. The fourth-order valence-corrected chi connectivity index (χ4v) is 1.55. The van der Waals surface area contributed by atoms with E-state index in [0.29, 0.717) is 5.92 Å². The zero-order valence-corrected chi connectivity index (χ0v) is 8.25. The Balaban J connectivity index is 2.43. The summed E-state index contributed by atoms with van der Waals surface area (Å²) in [5, 5.41) is 3.87. The van der Waals surface area contributed by atoms with Crippen molar-refractivity contribution in [3.63, 3.8) is 0 Å². The smallest absolute Gasteiger partial charge is 0.329 e. The zero-order chi connectivity index (χ0) is 10.6. The highest BCUT2D eigenvalue weighted by Crippen LogP contribution is 2.20. The van der Waals surface area contributed by atoms with Gasteiger partial charge in [0, 0.05) is 5.71 Å². The standard InChI is InChI=1S/C9H15N3O2/c1-6-3-2-4-7(5-6)11-12-9(14)8(10)13/h6H,2-5H2,1H3,(H2,10,13)(H,12,14)/t6-/m0/s1. The van der Waals surface area contributed by atoms with E-state index in [4.69, 9.17) is 5.73 Å². The van der Waals surface area contributed by atoms with Gasteiger partial charge in [-0.15, -0.1) is 0 Å². The van der Waals surface area contributed by atoms with E-state index in [2.05, 4.69) is 17.5 Å². The largest absolute Gasteiger partial charge is 0.361 e. The van der Waals surface area contributed by atoms with Gasteiger partial charge in [-0.2, -0.15) is 5.10 Å². The van der Waals surface area contributed by atoms with Crippen molar-refractivity contribution in [3.05, 3.63) is 0 Å². The van der Waals surface area contributed by atoms with Gasteiger partial charge in [0.05, 0.1) is 0 Å². The molecule has 0 saturated heterocycles. The average molecular weight is 197 g/mol. The molecule has 0 radical (unpaired) electrons. The Labute approximate surface area is 82.7 Å². The Morgan fingerprint density at radius 2 is 2.29 bits per heavy atom. The molecule has 0 heterocycles. The summed E-state index contributed by atoms with van der Waals surface area (Å²) in [5.74, 6) is -1.25. The molecule has 78 valence electrons. The van der Waals surface area contributed by atoms with E-state index in [1.54, 1.807) is 0 Å². The maximum absolute atomic E-state index is 10.8. The highest BCUT2D eigenvalue weighted by molar-refractivity contribution is 6.34. The number of amides is 2. The van der Waals surface area contributed by atoms with Crippen LogP contribution in [-0.2, 0) is 9.59 Å². The van der Waals surface area contributed by atoms with Crippen LogP contribution in [0.1, 0.15) is 32.6 Å². The molecule has 0 aliphatic heterocycles. The van der Waals surface area contributed by atoms with Gasteiger partial charge in [-0.3, -0.25) is 9.59 Å². The maximum atomic E-state index is 10.8. The Morgan fingerprint density at radius 3 is 2.86 bits per heavy atom. The molecule has 0 spiro atoms. The minimum absolute atomic E-state index is 0.605. The van der Waals surface area contributed by atoms with Gasteiger partial charge < -0.3 is 5.73 Å². The first kappa shape index (κ1) is 10.7. The van der Waals surface area contributed by atoms with Crippen LogP contribution in [0.2, 0.25) is 0 Å². The monoisotopic (exact) mass is 197 g/mol. The number of rotatable bonds is 1. The number of primary amides is 1. The fourth-order valence-electron chi connectivity index (χ4n) is 1.55. The molecule has 14 heavy (non-hydrogen) atoms. The second-order valence-corrected chi connectivity index (χ2v) is 3.68. The molecule has 1 fully saturated rings.